The van der Waals surface area contributed by atoms with E-state index in [0.717, 1.165) is 30.1 Å². The van der Waals surface area contributed by atoms with Gasteiger partial charge in [-0.25, -0.2) is 4.79 Å². The summed E-state index contributed by atoms with van der Waals surface area (Å²) in [6, 6.07) is 0. The summed E-state index contributed by atoms with van der Waals surface area (Å²) in [6.07, 6.45) is 2.25. The average molecular weight is 198 g/mol. The van der Waals surface area contributed by atoms with Crippen LogP contribution in [0.5, 0.6) is 0 Å². The second kappa shape index (κ2) is 3.41. The quantitative estimate of drug-likeness (QED) is 0.692. The van der Waals surface area contributed by atoms with Crippen LogP contribution in [-0.2, 0) is 4.74 Å². The average Bonchev–Trinajstić information content (AvgIpc) is 2.84. The van der Waals surface area contributed by atoms with Crippen molar-refractivity contribution in [2.24, 2.45) is 0 Å². The molecule has 1 heterocycles. The van der Waals surface area contributed by atoms with E-state index in [1.165, 1.54) is 0 Å². The number of esters is 1. The molecule has 0 aliphatic heterocycles. The highest BCUT2D eigenvalue weighted by atomic mass is 32.1. The topological polar surface area (TPSA) is 52.1 Å². The van der Waals surface area contributed by atoms with Gasteiger partial charge in [0.25, 0.3) is 0 Å². The normalized spacial score (nSPS) is 15.8. The lowest BCUT2D eigenvalue weighted by Crippen LogP contribution is -2.05. The maximum Gasteiger partial charge on any atom is 0.351 e. The third-order valence-electron chi connectivity index (χ3n) is 1.94. The van der Waals surface area contributed by atoms with Crippen LogP contribution in [-0.4, -0.2) is 22.2 Å². The van der Waals surface area contributed by atoms with Crippen LogP contribution in [0.4, 0.5) is 0 Å². The van der Waals surface area contributed by atoms with Crippen LogP contribution >= 0.6 is 11.5 Å². The van der Waals surface area contributed by atoms with Gasteiger partial charge in [0.2, 0.25) is 0 Å². The second-order valence-corrected chi connectivity index (χ2v) is 3.74. The molecule has 0 unspecified atom stereocenters. The highest BCUT2D eigenvalue weighted by Crippen LogP contribution is 2.41. The molecule has 0 spiro atoms. The molecule has 0 bridgehead atoms. The summed E-state index contributed by atoms with van der Waals surface area (Å²) < 4.78 is 8.67. The molecule has 1 aliphatic carbocycles. The molecule has 4 nitrogen and oxygen atoms in total. The van der Waals surface area contributed by atoms with E-state index >= 15 is 0 Å². The zero-order valence-electron chi connectivity index (χ0n) is 7.32. The minimum Gasteiger partial charge on any atom is -0.462 e. The summed E-state index contributed by atoms with van der Waals surface area (Å²) in [6.45, 7) is 2.20. The Morgan fingerprint density at radius 2 is 2.46 bits per heavy atom. The molecule has 70 valence electrons. The summed E-state index contributed by atoms with van der Waals surface area (Å²) >= 11 is 1.13. The number of carbonyl (C=O) groups excluding carboxylic acids is 1. The molecule has 2 rings (SSSR count). The first-order valence-corrected chi connectivity index (χ1v) is 5.09. The minimum absolute atomic E-state index is 0.278. The zero-order chi connectivity index (χ0) is 9.26. The van der Waals surface area contributed by atoms with Gasteiger partial charge in [-0.3, -0.25) is 0 Å². The zero-order valence-corrected chi connectivity index (χ0v) is 8.13. The minimum atomic E-state index is -0.278. The van der Waals surface area contributed by atoms with Gasteiger partial charge in [-0.15, -0.1) is 5.10 Å². The number of ether oxygens (including phenoxy) is 1. The van der Waals surface area contributed by atoms with Gasteiger partial charge in [0.15, 0.2) is 4.88 Å². The number of hydrogen-bond donors (Lipinski definition) is 0. The number of rotatable bonds is 3. The van der Waals surface area contributed by atoms with E-state index in [1.54, 1.807) is 6.92 Å². The van der Waals surface area contributed by atoms with Crippen molar-refractivity contribution in [2.45, 2.75) is 25.7 Å². The van der Waals surface area contributed by atoms with Crippen molar-refractivity contribution in [2.75, 3.05) is 6.61 Å². The lowest BCUT2D eigenvalue weighted by molar-refractivity contribution is 0.0530. The molecule has 0 aromatic carbocycles. The van der Waals surface area contributed by atoms with E-state index in [2.05, 4.69) is 9.59 Å². The molecule has 1 aromatic rings. The van der Waals surface area contributed by atoms with Crippen LogP contribution in [0, 0.1) is 0 Å². The van der Waals surface area contributed by atoms with E-state index in [1.807, 2.05) is 0 Å². The van der Waals surface area contributed by atoms with Crippen molar-refractivity contribution < 1.29 is 9.53 Å². The molecular formula is C8H10N2O2S. The summed E-state index contributed by atoms with van der Waals surface area (Å²) in [4.78, 5) is 12.0. The Kier molecular flexibility index (Phi) is 2.26. The fourth-order valence-corrected chi connectivity index (χ4v) is 1.80. The number of nitrogens with zero attached hydrogens (tertiary/aromatic N) is 2. The fraction of sp³-hybridized carbons (Fsp3) is 0.625. The summed E-state index contributed by atoms with van der Waals surface area (Å²) in [5, 5.41) is 3.95. The third-order valence-corrected chi connectivity index (χ3v) is 2.66. The van der Waals surface area contributed by atoms with Crippen molar-refractivity contribution in [3.05, 3.63) is 10.6 Å². The van der Waals surface area contributed by atoms with Gasteiger partial charge in [-0.05, 0) is 31.3 Å². The summed E-state index contributed by atoms with van der Waals surface area (Å²) in [5.74, 6) is 0.178. The fourth-order valence-electron chi connectivity index (χ4n) is 1.16. The number of carbonyl (C=O) groups is 1. The van der Waals surface area contributed by atoms with Gasteiger partial charge in [0.05, 0.1) is 12.3 Å². The lowest BCUT2D eigenvalue weighted by atomic mass is 10.2. The van der Waals surface area contributed by atoms with Gasteiger partial charge in [-0.1, -0.05) is 4.49 Å². The Morgan fingerprint density at radius 1 is 1.69 bits per heavy atom. The van der Waals surface area contributed by atoms with Gasteiger partial charge in [0.1, 0.15) is 0 Å². The van der Waals surface area contributed by atoms with E-state index in [4.69, 9.17) is 4.74 Å². The molecule has 1 aliphatic rings. The monoisotopic (exact) mass is 198 g/mol. The first-order chi connectivity index (χ1) is 6.33. The molecule has 0 saturated heterocycles. The predicted octanol–water partition coefficient (Wildman–Crippen LogP) is 1.59. The van der Waals surface area contributed by atoms with Crippen molar-refractivity contribution in [1.82, 2.24) is 9.59 Å². The molecule has 0 N–H and O–H groups in total. The highest BCUT2D eigenvalue weighted by molar-refractivity contribution is 7.07. The third kappa shape index (κ3) is 1.70. The summed E-state index contributed by atoms with van der Waals surface area (Å²) in [7, 11) is 0. The van der Waals surface area contributed by atoms with Crippen LogP contribution in [0.2, 0.25) is 0 Å². The van der Waals surface area contributed by atoms with Gasteiger partial charge in [0, 0.05) is 5.92 Å². The summed E-state index contributed by atoms with van der Waals surface area (Å²) in [5.41, 5.74) is 0.837. The standard InChI is InChI=1S/C8H10N2O2S/c1-2-12-8(11)7-6(5-3-4-5)9-10-13-7/h5H,2-4H2,1H3. The van der Waals surface area contributed by atoms with E-state index < -0.39 is 0 Å². The molecule has 1 saturated carbocycles. The maximum atomic E-state index is 11.4. The Hall–Kier alpha value is -0.970. The highest BCUT2D eigenvalue weighted by Gasteiger charge is 2.32. The number of hydrogen-bond acceptors (Lipinski definition) is 5. The lowest BCUT2D eigenvalue weighted by Gasteiger charge is -1.98. The molecule has 0 amide bonds. The second-order valence-electron chi connectivity index (χ2n) is 2.98. The predicted molar refractivity (Wildman–Crippen MR) is 47.8 cm³/mol. The van der Waals surface area contributed by atoms with E-state index in [-0.39, 0.29) is 5.97 Å². The van der Waals surface area contributed by atoms with Crippen LogP contribution in [0.3, 0.4) is 0 Å². The molecular weight excluding hydrogens is 188 g/mol. The number of aromatic nitrogens is 2. The Labute approximate surface area is 80.1 Å². The van der Waals surface area contributed by atoms with E-state index in [9.17, 15) is 4.79 Å². The van der Waals surface area contributed by atoms with Crippen molar-refractivity contribution in [3.8, 4) is 0 Å². The van der Waals surface area contributed by atoms with Crippen molar-refractivity contribution in [3.63, 3.8) is 0 Å². The molecule has 0 radical (unpaired) electrons. The molecule has 13 heavy (non-hydrogen) atoms. The smallest absolute Gasteiger partial charge is 0.351 e. The van der Waals surface area contributed by atoms with Gasteiger partial charge >= 0.3 is 5.97 Å². The first kappa shape index (κ1) is 8.62. The van der Waals surface area contributed by atoms with E-state index in [0.29, 0.717) is 17.4 Å². The van der Waals surface area contributed by atoms with Crippen LogP contribution in [0.1, 0.15) is 41.0 Å². The van der Waals surface area contributed by atoms with Crippen LogP contribution in [0.15, 0.2) is 0 Å². The van der Waals surface area contributed by atoms with Crippen molar-refractivity contribution in [1.29, 1.82) is 0 Å². The molecule has 1 fully saturated rings. The SMILES string of the molecule is CCOC(=O)c1snnc1C1CC1. The Balaban J connectivity index is 2.18. The first-order valence-electron chi connectivity index (χ1n) is 4.32. The Morgan fingerprint density at radius 3 is 3.08 bits per heavy atom. The van der Waals surface area contributed by atoms with Crippen LogP contribution < -0.4 is 0 Å². The van der Waals surface area contributed by atoms with Crippen LogP contribution in [0.25, 0.3) is 0 Å². The maximum absolute atomic E-state index is 11.4. The Bertz CT molecular complexity index is 320. The molecule has 5 heteroatoms. The molecule has 1 aromatic heterocycles. The largest absolute Gasteiger partial charge is 0.462 e. The van der Waals surface area contributed by atoms with Crippen molar-refractivity contribution >= 4 is 17.5 Å². The molecule has 0 atom stereocenters. The van der Waals surface area contributed by atoms with Gasteiger partial charge in [-0.2, -0.15) is 0 Å². The van der Waals surface area contributed by atoms with Gasteiger partial charge < -0.3 is 4.74 Å².